The lowest BCUT2D eigenvalue weighted by atomic mass is 9.99. The molecule has 0 saturated carbocycles. The Labute approximate surface area is 166 Å². The quantitative estimate of drug-likeness (QED) is 0.605. The van der Waals surface area contributed by atoms with Crippen LogP contribution in [-0.2, 0) is 6.42 Å². The van der Waals surface area contributed by atoms with E-state index in [2.05, 4.69) is 23.1 Å². The zero-order valence-corrected chi connectivity index (χ0v) is 16.2. The van der Waals surface area contributed by atoms with Gasteiger partial charge in [-0.15, -0.1) is 0 Å². The molecule has 1 aromatic heterocycles. The largest absolute Gasteiger partial charge is 0.494 e. The average Bonchev–Trinajstić information content (AvgIpc) is 3.07. The van der Waals surface area contributed by atoms with Gasteiger partial charge in [0, 0.05) is 30.1 Å². The van der Waals surface area contributed by atoms with E-state index < -0.39 is 0 Å². The highest BCUT2D eigenvalue weighted by atomic mass is 16.5. The number of fused-ring (bicyclic) bond motifs is 1. The number of aliphatic hydroxyl groups is 1. The number of likely N-dealkylation sites (tertiary alicyclic amines) is 1. The molecule has 1 fully saturated rings. The van der Waals surface area contributed by atoms with Gasteiger partial charge >= 0.3 is 0 Å². The molecule has 3 aromatic rings. The number of benzene rings is 2. The van der Waals surface area contributed by atoms with Crippen molar-refractivity contribution in [3.63, 3.8) is 0 Å². The minimum Gasteiger partial charge on any atom is -0.494 e. The number of hydrogen-bond donors (Lipinski definition) is 1. The minimum absolute atomic E-state index is 0.259. The van der Waals surface area contributed by atoms with Gasteiger partial charge < -0.3 is 14.7 Å². The Bertz CT molecular complexity index is 884. The van der Waals surface area contributed by atoms with Gasteiger partial charge in [0.15, 0.2) is 0 Å². The predicted molar refractivity (Wildman–Crippen MR) is 113 cm³/mol. The summed E-state index contributed by atoms with van der Waals surface area (Å²) >= 11 is 0. The maximum absolute atomic E-state index is 10.5. The summed E-state index contributed by atoms with van der Waals surface area (Å²) in [7, 11) is 0. The van der Waals surface area contributed by atoms with Gasteiger partial charge in [-0.3, -0.25) is 4.98 Å². The predicted octanol–water partition coefficient (Wildman–Crippen LogP) is 3.93. The van der Waals surface area contributed by atoms with Crippen LogP contribution in [0.15, 0.2) is 66.7 Å². The second-order valence-electron chi connectivity index (χ2n) is 7.66. The molecule has 0 radical (unpaired) electrons. The van der Waals surface area contributed by atoms with Crippen LogP contribution in [0.1, 0.15) is 18.5 Å². The van der Waals surface area contributed by atoms with Crippen LogP contribution >= 0.6 is 0 Å². The Balaban J connectivity index is 1.21. The number of hydrogen-bond acceptors (Lipinski definition) is 4. The Hall–Kier alpha value is -2.43. The molecule has 2 aromatic carbocycles. The fourth-order valence-corrected chi connectivity index (χ4v) is 3.96. The van der Waals surface area contributed by atoms with Crippen LogP contribution in [-0.4, -0.2) is 47.3 Å². The molecule has 0 unspecified atom stereocenters. The van der Waals surface area contributed by atoms with Gasteiger partial charge in [-0.05, 0) is 50.1 Å². The summed E-state index contributed by atoms with van der Waals surface area (Å²) in [6.07, 6.45) is 2.67. The van der Waals surface area contributed by atoms with Crippen molar-refractivity contribution < 1.29 is 9.84 Å². The smallest absolute Gasteiger partial charge is 0.119 e. The summed E-state index contributed by atoms with van der Waals surface area (Å²) < 4.78 is 5.75. The van der Waals surface area contributed by atoms with Gasteiger partial charge in [0.2, 0.25) is 0 Å². The zero-order chi connectivity index (χ0) is 19.2. The highest BCUT2D eigenvalue weighted by Gasteiger charge is 2.31. The summed E-state index contributed by atoms with van der Waals surface area (Å²) in [5.41, 5.74) is 2.10. The molecule has 4 nitrogen and oxygen atoms in total. The molecule has 0 spiro atoms. The molecule has 0 amide bonds. The van der Waals surface area contributed by atoms with Gasteiger partial charge in [-0.2, -0.15) is 0 Å². The SMILES string of the molecule is O[C@@H]1CN(CCCCOc2ccccc2)C[C@H]1Cc1ccc2ccccc2n1. The van der Waals surface area contributed by atoms with Crippen molar-refractivity contribution in [3.05, 3.63) is 72.4 Å². The first-order valence-electron chi connectivity index (χ1n) is 10.2. The molecule has 4 rings (SSSR count). The Morgan fingerprint density at radius 3 is 2.64 bits per heavy atom. The standard InChI is InChI=1S/C24H28N2O2/c27-24-18-26(14-6-7-15-28-22-9-2-1-3-10-22)17-20(24)16-21-13-12-19-8-4-5-11-23(19)25-21/h1-5,8-13,20,24,27H,6-7,14-18H2/t20-,24-/m1/s1. The maximum Gasteiger partial charge on any atom is 0.119 e. The number of nitrogens with zero attached hydrogens (tertiary/aromatic N) is 2. The molecule has 0 bridgehead atoms. The van der Waals surface area contributed by atoms with Crippen molar-refractivity contribution >= 4 is 10.9 Å². The van der Waals surface area contributed by atoms with Gasteiger partial charge in [0.1, 0.15) is 5.75 Å². The van der Waals surface area contributed by atoms with Crippen LogP contribution in [0.2, 0.25) is 0 Å². The molecule has 1 saturated heterocycles. The third-order valence-electron chi connectivity index (χ3n) is 5.49. The van der Waals surface area contributed by atoms with Crippen LogP contribution in [0.25, 0.3) is 10.9 Å². The van der Waals surface area contributed by atoms with Crippen LogP contribution < -0.4 is 4.74 Å². The monoisotopic (exact) mass is 376 g/mol. The van der Waals surface area contributed by atoms with E-state index >= 15 is 0 Å². The lowest BCUT2D eigenvalue weighted by Crippen LogP contribution is -2.23. The average molecular weight is 377 g/mol. The number of aromatic nitrogens is 1. The number of unbranched alkanes of at least 4 members (excludes halogenated alkanes) is 1. The molecule has 2 atom stereocenters. The Kier molecular flexibility index (Phi) is 6.20. The lowest BCUT2D eigenvalue weighted by Gasteiger charge is -2.15. The third-order valence-corrected chi connectivity index (χ3v) is 5.49. The van der Waals surface area contributed by atoms with E-state index in [1.54, 1.807) is 0 Å². The van der Waals surface area contributed by atoms with E-state index in [4.69, 9.17) is 9.72 Å². The summed E-state index contributed by atoms with van der Waals surface area (Å²) in [4.78, 5) is 7.14. The van der Waals surface area contributed by atoms with Crippen molar-refractivity contribution in [2.45, 2.75) is 25.4 Å². The lowest BCUT2D eigenvalue weighted by molar-refractivity contribution is 0.141. The molecule has 146 valence electrons. The second kappa shape index (κ2) is 9.18. The van der Waals surface area contributed by atoms with Crippen LogP contribution in [0.5, 0.6) is 5.75 Å². The van der Waals surface area contributed by atoms with E-state index in [-0.39, 0.29) is 12.0 Å². The number of β-amino-alcohol motifs (C(OH)–C–C–N with tert-alkyl or cyclic N) is 1. The van der Waals surface area contributed by atoms with Crippen LogP contribution in [0.3, 0.4) is 0 Å². The fourth-order valence-electron chi connectivity index (χ4n) is 3.96. The maximum atomic E-state index is 10.5. The highest BCUT2D eigenvalue weighted by molar-refractivity contribution is 5.78. The third kappa shape index (κ3) is 4.89. The first-order valence-corrected chi connectivity index (χ1v) is 10.2. The summed E-state index contributed by atoms with van der Waals surface area (Å²) in [6.45, 7) is 3.45. The molecule has 1 aliphatic heterocycles. The van der Waals surface area contributed by atoms with E-state index in [9.17, 15) is 5.11 Å². The van der Waals surface area contributed by atoms with E-state index in [0.29, 0.717) is 0 Å². The number of rotatable bonds is 8. The van der Waals surface area contributed by atoms with Crippen molar-refractivity contribution in [1.29, 1.82) is 0 Å². The van der Waals surface area contributed by atoms with Crippen molar-refractivity contribution in [2.24, 2.45) is 5.92 Å². The molecular formula is C24H28N2O2. The van der Waals surface area contributed by atoms with Gasteiger partial charge in [-0.1, -0.05) is 42.5 Å². The number of para-hydroxylation sites is 2. The number of aliphatic hydroxyl groups excluding tert-OH is 1. The number of pyridine rings is 1. The normalized spacial score (nSPS) is 19.9. The van der Waals surface area contributed by atoms with E-state index in [0.717, 1.165) is 67.8 Å². The molecule has 2 heterocycles. The molecule has 1 N–H and O–H groups in total. The summed E-state index contributed by atoms with van der Waals surface area (Å²) in [5.74, 6) is 1.19. The van der Waals surface area contributed by atoms with E-state index in [1.807, 2.05) is 48.5 Å². The Morgan fingerprint density at radius 1 is 0.929 bits per heavy atom. The molecule has 4 heteroatoms. The van der Waals surface area contributed by atoms with Crippen molar-refractivity contribution in [2.75, 3.05) is 26.2 Å². The van der Waals surface area contributed by atoms with Gasteiger partial charge in [0.05, 0.1) is 18.2 Å². The Morgan fingerprint density at radius 2 is 1.75 bits per heavy atom. The molecule has 0 aliphatic carbocycles. The first kappa shape index (κ1) is 18.9. The fraction of sp³-hybridized carbons (Fsp3) is 0.375. The molecule has 28 heavy (non-hydrogen) atoms. The van der Waals surface area contributed by atoms with Gasteiger partial charge in [-0.25, -0.2) is 0 Å². The number of ether oxygens (including phenoxy) is 1. The molecular weight excluding hydrogens is 348 g/mol. The topological polar surface area (TPSA) is 45.6 Å². The van der Waals surface area contributed by atoms with Crippen molar-refractivity contribution in [1.82, 2.24) is 9.88 Å². The van der Waals surface area contributed by atoms with Crippen LogP contribution in [0, 0.1) is 5.92 Å². The van der Waals surface area contributed by atoms with Crippen molar-refractivity contribution in [3.8, 4) is 5.75 Å². The first-order chi connectivity index (χ1) is 13.8. The highest BCUT2D eigenvalue weighted by Crippen LogP contribution is 2.22. The summed E-state index contributed by atoms with van der Waals surface area (Å²) in [5, 5.41) is 11.7. The van der Waals surface area contributed by atoms with Gasteiger partial charge in [0.25, 0.3) is 0 Å². The minimum atomic E-state index is -0.270. The zero-order valence-electron chi connectivity index (χ0n) is 16.2. The van der Waals surface area contributed by atoms with Crippen LogP contribution in [0.4, 0.5) is 0 Å². The molecule has 1 aliphatic rings. The van der Waals surface area contributed by atoms with E-state index in [1.165, 1.54) is 0 Å². The second-order valence-corrected chi connectivity index (χ2v) is 7.66. The summed E-state index contributed by atoms with van der Waals surface area (Å²) in [6, 6.07) is 22.4.